The number of hydrogen-bond donors (Lipinski definition) is 1. The Morgan fingerprint density at radius 1 is 1.13 bits per heavy atom. The van der Waals surface area contributed by atoms with Crippen LogP contribution in [-0.4, -0.2) is 50.5 Å². The average Bonchev–Trinajstić information content (AvgIpc) is 3.43. The van der Waals surface area contributed by atoms with Gasteiger partial charge in [-0.05, 0) is 36.0 Å². The second-order valence-electron chi connectivity index (χ2n) is 8.33. The van der Waals surface area contributed by atoms with E-state index in [0.29, 0.717) is 19.3 Å². The molecule has 2 unspecified atom stereocenters. The van der Waals surface area contributed by atoms with Crippen LogP contribution in [0.25, 0.3) is 11.1 Å². The first-order valence-corrected chi connectivity index (χ1v) is 11.8. The number of nitrogens with zero attached hydrogens (tertiary/aromatic N) is 1. The van der Waals surface area contributed by atoms with Gasteiger partial charge in [0.25, 0.3) is 5.91 Å². The van der Waals surface area contributed by atoms with Gasteiger partial charge >= 0.3 is 6.43 Å². The normalized spacial score (nSPS) is 22.6. The van der Waals surface area contributed by atoms with Crippen LogP contribution in [0.15, 0.2) is 54.6 Å². The summed E-state index contributed by atoms with van der Waals surface area (Å²) in [6.07, 6.45) is -0.320. The monoisotopic (exact) mass is 434 g/mol. The van der Waals surface area contributed by atoms with Crippen LogP contribution in [0.3, 0.4) is 0 Å². The third-order valence-corrected chi connectivity index (χ3v) is 6.79. The Hall–Kier alpha value is -2.32. The lowest BCUT2D eigenvalue weighted by molar-refractivity contribution is -0.144. The fourth-order valence-corrected chi connectivity index (χ4v) is 5.42. The van der Waals surface area contributed by atoms with Crippen molar-refractivity contribution in [3.63, 3.8) is 0 Å². The molecule has 8 heteroatoms. The van der Waals surface area contributed by atoms with Crippen molar-refractivity contribution in [1.82, 2.24) is 9.62 Å². The summed E-state index contributed by atoms with van der Waals surface area (Å²) in [5.74, 6) is -1.23. The topological polar surface area (TPSA) is 66.5 Å². The van der Waals surface area contributed by atoms with Crippen LogP contribution in [0.1, 0.15) is 18.4 Å². The van der Waals surface area contributed by atoms with Crippen molar-refractivity contribution in [1.29, 1.82) is 0 Å². The van der Waals surface area contributed by atoms with Crippen molar-refractivity contribution in [2.75, 3.05) is 12.8 Å². The zero-order valence-corrected chi connectivity index (χ0v) is 17.4. The molecular weight excluding hydrogens is 410 g/mol. The SMILES string of the molecule is CS(=O)(=O)NC1C(Cc2cccc(-c3ccccc3)c2)N(C(=O)C(F)F)CC12CC2. The minimum Gasteiger partial charge on any atom is -0.332 e. The highest BCUT2D eigenvalue weighted by atomic mass is 32.2. The second-order valence-corrected chi connectivity index (χ2v) is 10.1. The smallest absolute Gasteiger partial charge is 0.315 e. The lowest BCUT2D eigenvalue weighted by Crippen LogP contribution is -2.50. The number of likely N-dealkylation sites (tertiary alicyclic amines) is 1. The van der Waals surface area contributed by atoms with Gasteiger partial charge in [0.15, 0.2) is 0 Å². The standard InChI is InChI=1S/C22H24F2N2O3S/c1-30(28,29)25-19-18(26(21(27)20(23)24)14-22(19)10-11-22)13-15-6-5-9-17(12-15)16-7-3-2-4-8-16/h2-9,12,18-20,25H,10-11,13-14H2,1H3. The van der Waals surface area contributed by atoms with Gasteiger partial charge in [-0.2, -0.15) is 8.78 Å². The summed E-state index contributed by atoms with van der Waals surface area (Å²) in [5, 5.41) is 0. The van der Waals surface area contributed by atoms with Crippen molar-refractivity contribution < 1.29 is 22.0 Å². The van der Waals surface area contributed by atoms with Crippen LogP contribution in [-0.2, 0) is 21.2 Å². The molecule has 2 atom stereocenters. The minimum absolute atomic E-state index is 0.159. The maximum Gasteiger partial charge on any atom is 0.315 e. The number of sulfonamides is 1. The lowest BCUT2D eigenvalue weighted by atomic mass is 9.92. The molecule has 0 bridgehead atoms. The van der Waals surface area contributed by atoms with Gasteiger partial charge in [-0.25, -0.2) is 13.1 Å². The van der Waals surface area contributed by atoms with E-state index < -0.39 is 39.9 Å². The molecular formula is C22H24F2N2O3S. The van der Waals surface area contributed by atoms with E-state index in [2.05, 4.69) is 4.72 Å². The molecule has 30 heavy (non-hydrogen) atoms. The molecule has 1 amide bonds. The van der Waals surface area contributed by atoms with Crippen LogP contribution >= 0.6 is 0 Å². The molecule has 1 aliphatic heterocycles. The van der Waals surface area contributed by atoms with E-state index >= 15 is 0 Å². The Morgan fingerprint density at radius 2 is 1.80 bits per heavy atom. The maximum absolute atomic E-state index is 13.3. The summed E-state index contributed by atoms with van der Waals surface area (Å²) in [7, 11) is -3.56. The zero-order valence-electron chi connectivity index (χ0n) is 16.6. The number of amides is 1. The highest BCUT2D eigenvalue weighted by Gasteiger charge is 2.61. The Bertz CT molecular complexity index is 1040. The van der Waals surface area contributed by atoms with E-state index in [-0.39, 0.29) is 6.54 Å². The van der Waals surface area contributed by atoms with E-state index in [1.54, 1.807) is 0 Å². The molecule has 160 valence electrons. The fraction of sp³-hybridized carbons (Fsp3) is 0.409. The Balaban J connectivity index is 1.67. The van der Waals surface area contributed by atoms with Crippen LogP contribution in [0.4, 0.5) is 8.78 Å². The van der Waals surface area contributed by atoms with Gasteiger partial charge in [0.2, 0.25) is 10.0 Å². The van der Waals surface area contributed by atoms with Crippen molar-refractivity contribution in [2.45, 2.75) is 37.8 Å². The molecule has 2 aromatic rings. The van der Waals surface area contributed by atoms with Gasteiger partial charge in [-0.3, -0.25) is 4.79 Å². The summed E-state index contributed by atoms with van der Waals surface area (Å²) in [6.45, 7) is 0.159. The molecule has 0 radical (unpaired) electrons. The highest BCUT2D eigenvalue weighted by Crippen LogP contribution is 2.55. The molecule has 1 heterocycles. The van der Waals surface area contributed by atoms with E-state index in [9.17, 15) is 22.0 Å². The molecule has 1 aliphatic carbocycles. The number of hydrogen-bond acceptors (Lipinski definition) is 3. The molecule has 0 aromatic heterocycles. The van der Waals surface area contributed by atoms with Crippen LogP contribution in [0.5, 0.6) is 0 Å². The first kappa shape index (κ1) is 20.9. The molecule has 5 nitrogen and oxygen atoms in total. The third kappa shape index (κ3) is 4.25. The number of carbonyl (C=O) groups is 1. The number of benzene rings is 2. The predicted octanol–water partition coefficient (Wildman–Crippen LogP) is 3.07. The Labute approximate surface area is 175 Å². The Kier molecular flexibility index (Phi) is 5.40. The lowest BCUT2D eigenvalue weighted by Gasteiger charge is -2.29. The minimum atomic E-state index is -3.56. The first-order chi connectivity index (χ1) is 14.2. The number of halogens is 2. The molecule has 1 saturated heterocycles. The van der Waals surface area contributed by atoms with E-state index in [4.69, 9.17) is 0 Å². The molecule has 1 saturated carbocycles. The van der Waals surface area contributed by atoms with Gasteiger partial charge < -0.3 is 4.90 Å². The fourth-order valence-electron chi connectivity index (χ4n) is 4.55. The average molecular weight is 435 g/mol. The van der Waals surface area contributed by atoms with E-state index in [1.807, 2.05) is 54.6 Å². The van der Waals surface area contributed by atoms with Crippen LogP contribution in [0, 0.1) is 5.41 Å². The van der Waals surface area contributed by atoms with Crippen molar-refractivity contribution >= 4 is 15.9 Å². The highest BCUT2D eigenvalue weighted by molar-refractivity contribution is 7.88. The van der Waals surface area contributed by atoms with Gasteiger partial charge in [-0.1, -0.05) is 54.6 Å². The quantitative estimate of drug-likeness (QED) is 0.760. The number of nitrogens with one attached hydrogen (secondary N) is 1. The van der Waals surface area contributed by atoms with E-state index in [1.165, 1.54) is 4.90 Å². The third-order valence-electron chi connectivity index (χ3n) is 6.11. The first-order valence-electron chi connectivity index (χ1n) is 9.89. The van der Waals surface area contributed by atoms with Crippen molar-refractivity contribution in [2.24, 2.45) is 5.41 Å². The molecule has 2 fully saturated rings. The summed E-state index contributed by atoms with van der Waals surface area (Å²) >= 11 is 0. The Morgan fingerprint density at radius 3 is 2.40 bits per heavy atom. The molecule has 4 rings (SSSR count). The molecule has 1 spiro atoms. The number of alkyl halides is 2. The second kappa shape index (κ2) is 7.74. The predicted molar refractivity (Wildman–Crippen MR) is 111 cm³/mol. The van der Waals surface area contributed by atoms with Gasteiger partial charge in [0, 0.05) is 18.0 Å². The molecule has 1 N–H and O–H groups in total. The summed E-state index contributed by atoms with van der Waals surface area (Å²) in [4.78, 5) is 13.4. The van der Waals surface area contributed by atoms with E-state index in [0.717, 1.165) is 22.9 Å². The summed E-state index contributed by atoms with van der Waals surface area (Å²) < 4.78 is 53.2. The largest absolute Gasteiger partial charge is 0.332 e. The number of carbonyl (C=O) groups excluding carboxylic acids is 1. The summed E-state index contributed by atoms with van der Waals surface area (Å²) in [6, 6.07) is 16.2. The molecule has 2 aromatic carbocycles. The maximum atomic E-state index is 13.3. The van der Waals surface area contributed by atoms with Crippen LogP contribution in [0.2, 0.25) is 0 Å². The summed E-state index contributed by atoms with van der Waals surface area (Å²) in [5.41, 5.74) is 2.42. The van der Waals surface area contributed by atoms with Crippen molar-refractivity contribution in [3.8, 4) is 11.1 Å². The van der Waals surface area contributed by atoms with Gasteiger partial charge in [-0.15, -0.1) is 0 Å². The number of rotatable bonds is 6. The van der Waals surface area contributed by atoms with Gasteiger partial charge in [0.1, 0.15) is 0 Å². The zero-order chi connectivity index (χ0) is 21.5. The van der Waals surface area contributed by atoms with Crippen molar-refractivity contribution in [3.05, 3.63) is 60.2 Å². The van der Waals surface area contributed by atoms with Crippen LogP contribution < -0.4 is 4.72 Å². The van der Waals surface area contributed by atoms with Gasteiger partial charge in [0.05, 0.1) is 12.3 Å². The molecule has 2 aliphatic rings.